The Morgan fingerprint density at radius 3 is 1.86 bits per heavy atom. The van der Waals surface area contributed by atoms with Gasteiger partial charge in [-0.25, -0.2) is 4.98 Å². The molecular weight excluding hydrogens is 256 g/mol. The Kier molecular flexibility index (Phi) is 3.61. The topological polar surface area (TPSA) is 17.8 Å². The van der Waals surface area contributed by atoms with E-state index in [1.807, 2.05) is 6.33 Å². The highest BCUT2D eigenvalue weighted by molar-refractivity contribution is 5.78. The van der Waals surface area contributed by atoms with Gasteiger partial charge in [0.2, 0.25) is 0 Å². The molecule has 0 amide bonds. The van der Waals surface area contributed by atoms with Crippen molar-refractivity contribution in [1.82, 2.24) is 9.55 Å². The van der Waals surface area contributed by atoms with Crippen molar-refractivity contribution in [3.63, 3.8) is 0 Å². The summed E-state index contributed by atoms with van der Waals surface area (Å²) in [6.07, 6.45) is 1.93. The first-order valence-electron chi connectivity index (χ1n) is 7.38. The first kappa shape index (κ1) is 13.6. The van der Waals surface area contributed by atoms with Crippen molar-refractivity contribution in [3.8, 4) is 22.5 Å². The SMILES string of the molecule is CCn1cnc(-c2ccc(C)cc2)c1-c1ccc(C)cc1. The Balaban J connectivity index is 2.16. The molecule has 21 heavy (non-hydrogen) atoms. The number of aryl methyl sites for hydroxylation is 3. The van der Waals surface area contributed by atoms with Gasteiger partial charge in [0.05, 0.1) is 17.7 Å². The van der Waals surface area contributed by atoms with Crippen LogP contribution in [0.15, 0.2) is 54.9 Å². The zero-order valence-electron chi connectivity index (χ0n) is 12.8. The van der Waals surface area contributed by atoms with Crippen LogP contribution >= 0.6 is 0 Å². The maximum atomic E-state index is 4.65. The van der Waals surface area contributed by atoms with Gasteiger partial charge < -0.3 is 4.57 Å². The van der Waals surface area contributed by atoms with Crippen LogP contribution < -0.4 is 0 Å². The van der Waals surface area contributed by atoms with E-state index in [1.165, 1.54) is 27.9 Å². The first-order valence-corrected chi connectivity index (χ1v) is 7.38. The number of aromatic nitrogens is 2. The molecule has 2 nitrogen and oxygen atoms in total. The van der Waals surface area contributed by atoms with Crippen molar-refractivity contribution >= 4 is 0 Å². The molecule has 0 radical (unpaired) electrons. The summed E-state index contributed by atoms with van der Waals surface area (Å²) in [4.78, 5) is 4.65. The van der Waals surface area contributed by atoms with E-state index in [0.717, 1.165) is 12.2 Å². The third kappa shape index (κ3) is 2.62. The summed E-state index contributed by atoms with van der Waals surface area (Å²) in [5.41, 5.74) is 7.18. The molecule has 0 fully saturated rings. The first-order chi connectivity index (χ1) is 10.2. The molecule has 0 aliphatic heterocycles. The molecule has 0 atom stereocenters. The van der Waals surface area contributed by atoms with Crippen LogP contribution in [0.4, 0.5) is 0 Å². The van der Waals surface area contributed by atoms with Gasteiger partial charge in [-0.2, -0.15) is 0 Å². The summed E-state index contributed by atoms with van der Waals surface area (Å²) in [6, 6.07) is 17.2. The van der Waals surface area contributed by atoms with Crippen molar-refractivity contribution in [1.29, 1.82) is 0 Å². The molecule has 1 aromatic heterocycles. The summed E-state index contributed by atoms with van der Waals surface area (Å²) in [6.45, 7) is 7.29. The van der Waals surface area contributed by atoms with E-state index >= 15 is 0 Å². The Labute approximate surface area is 126 Å². The lowest BCUT2D eigenvalue weighted by molar-refractivity contribution is 0.769. The fourth-order valence-electron chi connectivity index (χ4n) is 2.56. The minimum atomic E-state index is 0.919. The fourth-order valence-corrected chi connectivity index (χ4v) is 2.56. The van der Waals surface area contributed by atoms with Gasteiger partial charge in [0.25, 0.3) is 0 Å². The summed E-state index contributed by atoms with van der Waals surface area (Å²) >= 11 is 0. The maximum Gasteiger partial charge on any atom is 0.0963 e. The lowest BCUT2D eigenvalue weighted by Gasteiger charge is -2.09. The number of imidazole rings is 1. The molecule has 2 heteroatoms. The molecule has 0 spiro atoms. The van der Waals surface area contributed by atoms with Gasteiger partial charge in [-0.15, -0.1) is 0 Å². The molecule has 0 saturated heterocycles. The van der Waals surface area contributed by atoms with Crippen LogP contribution in [0, 0.1) is 13.8 Å². The molecule has 1 heterocycles. The Morgan fingerprint density at radius 2 is 1.33 bits per heavy atom. The zero-order chi connectivity index (χ0) is 14.8. The number of hydrogen-bond acceptors (Lipinski definition) is 1. The third-order valence-electron chi connectivity index (χ3n) is 3.83. The monoisotopic (exact) mass is 276 g/mol. The van der Waals surface area contributed by atoms with Gasteiger partial charge in [0.1, 0.15) is 0 Å². The van der Waals surface area contributed by atoms with E-state index in [0.29, 0.717) is 0 Å². The molecule has 0 saturated carbocycles. The van der Waals surface area contributed by atoms with Crippen molar-refractivity contribution in [2.75, 3.05) is 0 Å². The van der Waals surface area contributed by atoms with Gasteiger partial charge in [0, 0.05) is 17.7 Å². The lowest BCUT2D eigenvalue weighted by Crippen LogP contribution is -1.96. The standard InChI is InChI=1S/C19H20N2/c1-4-21-13-20-18(16-9-5-14(2)6-10-16)19(21)17-11-7-15(3)8-12-17/h5-13H,4H2,1-3H3. The normalized spacial score (nSPS) is 10.8. The molecule has 0 aliphatic rings. The van der Waals surface area contributed by atoms with E-state index in [9.17, 15) is 0 Å². The molecule has 0 unspecified atom stereocenters. The molecule has 2 aromatic carbocycles. The van der Waals surface area contributed by atoms with Gasteiger partial charge in [-0.05, 0) is 20.8 Å². The summed E-state index contributed by atoms with van der Waals surface area (Å²) in [7, 11) is 0. The third-order valence-corrected chi connectivity index (χ3v) is 3.83. The number of benzene rings is 2. The molecule has 0 bridgehead atoms. The highest BCUT2D eigenvalue weighted by Crippen LogP contribution is 2.31. The van der Waals surface area contributed by atoms with E-state index in [1.54, 1.807) is 0 Å². The Hall–Kier alpha value is -2.35. The van der Waals surface area contributed by atoms with Gasteiger partial charge >= 0.3 is 0 Å². The predicted molar refractivity (Wildman–Crippen MR) is 88.2 cm³/mol. The van der Waals surface area contributed by atoms with Crippen molar-refractivity contribution in [3.05, 3.63) is 66.0 Å². The average Bonchev–Trinajstić information content (AvgIpc) is 2.93. The summed E-state index contributed by atoms with van der Waals surface area (Å²) < 4.78 is 2.21. The van der Waals surface area contributed by atoms with Crippen molar-refractivity contribution in [2.45, 2.75) is 27.3 Å². The molecule has 3 aromatic rings. The number of hydrogen-bond donors (Lipinski definition) is 0. The maximum absolute atomic E-state index is 4.65. The van der Waals surface area contributed by atoms with E-state index in [4.69, 9.17) is 0 Å². The van der Waals surface area contributed by atoms with Crippen LogP contribution in [-0.2, 0) is 6.54 Å². The molecular formula is C19H20N2. The number of nitrogens with zero attached hydrogens (tertiary/aromatic N) is 2. The van der Waals surface area contributed by atoms with E-state index in [-0.39, 0.29) is 0 Å². The van der Waals surface area contributed by atoms with Crippen LogP contribution in [0.2, 0.25) is 0 Å². The van der Waals surface area contributed by atoms with E-state index < -0.39 is 0 Å². The van der Waals surface area contributed by atoms with Crippen LogP contribution in [0.5, 0.6) is 0 Å². The summed E-state index contributed by atoms with van der Waals surface area (Å²) in [5.74, 6) is 0. The fraction of sp³-hybridized carbons (Fsp3) is 0.211. The lowest BCUT2D eigenvalue weighted by atomic mass is 10.0. The Morgan fingerprint density at radius 1 is 0.810 bits per heavy atom. The smallest absolute Gasteiger partial charge is 0.0963 e. The minimum Gasteiger partial charge on any atom is -0.330 e. The molecule has 106 valence electrons. The second kappa shape index (κ2) is 5.57. The summed E-state index contributed by atoms with van der Waals surface area (Å²) in [5, 5.41) is 0. The average molecular weight is 276 g/mol. The minimum absolute atomic E-state index is 0.919. The number of rotatable bonds is 3. The van der Waals surface area contributed by atoms with Gasteiger partial charge in [-0.3, -0.25) is 0 Å². The molecule has 3 rings (SSSR count). The van der Waals surface area contributed by atoms with Crippen molar-refractivity contribution in [2.24, 2.45) is 0 Å². The van der Waals surface area contributed by atoms with E-state index in [2.05, 4.69) is 78.9 Å². The molecule has 0 aliphatic carbocycles. The van der Waals surface area contributed by atoms with Gasteiger partial charge in [-0.1, -0.05) is 59.7 Å². The second-order valence-corrected chi connectivity index (χ2v) is 5.46. The van der Waals surface area contributed by atoms with Crippen LogP contribution in [0.3, 0.4) is 0 Å². The highest BCUT2D eigenvalue weighted by Gasteiger charge is 2.13. The second-order valence-electron chi connectivity index (χ2n) is 5.46. The Bertz CT molecular complexity index is 734. The predicted octanol–water partition coefficient (Wildman–Crippen LogP) is 4.85. The zero-order valence-corrected chi connectivity index (χ0v) is 12.8. The largest absolute Gasteiger partial charge is 0.330 e. The van der Waals surface area contributed by atoms with Crippen LogP contribution in [0.1, 0.15) is 18.1 Å². The highest BCUT2D eigenvalue weighted by atomic mass is 15.1. The van der Waals surface area contributed by atoms with Gasteiger partial charge in [0.15, 0.2) is 0 Å². The van der Waals surface area contributed by atoms with Crippen LogP contribution in [-0.4, -0.2) is 9.55 Å². The quantitative estimate of drug-likeness (QED) is 0.668. The van der Waals surface area contributed by atoms with Crippen LogP contribution in [0.25, 0.3) is 22.5 Å². The molecule has 0 N–H and O–H groups in total. The van der Waals surface area contributed by atoms with Crippen molar-refractivity contribution < 1.29 is 0 Å².